The van der Waals surface area contributed by atoms with Gasteiger partial charge in [0.25, 0.3) is 0 Å². The second kappa shape index (κ2) is 6.79. The van der Waals surface area contributed by atoms with Crippen LogP contribution < -0.4 is 10.6 Å². The van der Waals surface area contributed by atoms with Crippen molar-refractivity contribution in [3.8, 4) is 0 Å². The van der Waals surface area contributed by atoms with Crippen molar-refractivity contribution >= 4 is 11.6 Å². The maximum atomic E-state index is 11.9. The first kappa shape index (κ1) is 16.0. The third-order valence-electron chi connectivity index (χ3n) is 5.03. The Morgan fingerprint density at radius 2 is 2.12 bits per heavy atom. The molecule has 2 saturated heterocycles. The van der Waals surface area contributed by atoms with Gasteiger partial charge in [-0.05, 0) is 18.9 Å². The number of aromatic nitrogens is 4. The fourth-order valence-corrected chi connectivity index (χ4v) is 3.63. The monoisotopic (exact) mass is 342 g/mol. The lowest BCUT2D eigenvalue weighted by Gasteiger charge is -2.17. The summed E-state index contributed by atoms with van der Waals surface area (Å²) in [6.45, 7) is 4.15. The molecule has 0 bridgehead atoms. The lowest BCUT2D eigenvalue weighted by molar-refractivity contribution is -0.117. The van der Waals surface area contributed by atoms with E-state index in [-0.39, 0.29) is 11.6 Å². The lowest BCUT2D eigenvalue weighted by atomic mass is 10.3. The van der Waals surface area contributed by atoms with Gasteiger partial charge < -0.3 is 4.90 Å². The van der Waals surface area contributed by atoms with Crippen LogP contribution in [-0.4, -0.2) is 56.3 Å². The van der Waals surface area contributed by atoms with Crippen molar-refractivity contribution in [1.82, 2.24) is 24.2 Å². The SMILES string of the molecule is O=C1CCCN1c1cnn(C2CCN(CCn3cccnc3=O)C2)c1. The molecule has 8 heteroatoms. The van der Waals surface area contributed by atoms with Crippen LogP contribution in [0.15, 0.2) is 35.6 Å². The molecule has 4 heterocycles. The zero-order valence-electron chi connectivity index (χ0n) is 14.1. The number of likely N-dealkylation sites (tertiary alicyclic amines) is 1. The Bertz CT molecular complexity index is 813. The molecule has 2 fully saturated rings. The quantitative estimate of drug-likeness (QED) is 0.791. The molecule has 2 aliphatic rings. The summed E-state index contributed by atoms with van der Waals surface area (Å²) in [5, 5.41) is 4.47. The highest BCUT2D eigenvalue weighted by molar-refractivity contribution is 5.95. The van der Waals surface area contributed by atoms with E-state index in [9.17, 15) is 9.59 Å². The van der Waals surface area contributed by atoms with Crippen molar-refractivity contribution < 1.29 is 4.79 Å². The van der Waals surface area contributed by atoms with Gasteiger partial charge in [-0.2, -0.15) is 5.10 Å². The number of amides is 1. The van der Waals surface area contributed by atoms with Crippen LogP contribution in [0.3, 0.4) is 0 Å². The van der Waals surface area contributed by atoms with Crippen molar-refractivity contribution in [2.45, 2.75) is 31.8 Å². The Morgan fingerprint density at radius 1 is 1.20 bits per heavy atom. The van der Waals surface area contributed by atoms with Gasteiger partial charge in [0.2, 0.25) is 5.91 Å². The van der Waals surface area contributed by atoms with E-state index >= 15 is 0 Å². The van der Waals surface area contributed by atoms with Crippen molar-refractivity contribution in [3.05, 3.63) is 41.3 Å². The highest BCUT2D eigenvalue weighted by atomic mass is 16.2. The van der Waals surface area contributed by atoms with Crippen LogP contribution in [-0.2, 0) is 11.3 Å². The molecule has 1 atom stereocenters. The van der Waals surface area contributed by atoms with Crippen LogP contribution in [0.5, 0.6) is 0 Å². The van der Waals surface area contributed by atoms with Crippen LogP contribution >= 0.6 is 0 Å². The summed E-state index contributed by atoms with van der Waals surface area (Å²) in [5.41, 5.74) is 0.702. The highest BCUT2D eigenvalue weighted by Crippen LogP contribution is 2.25. The minimum Gasteiger partial charge on any atom is -0.309 e. The van der Waals surface area contributed by atoms with E-state index in [1.54, 1.807) is 23.0 Å². The Balaban J connectivity index is 1.35. The topological polar surface area (TPSA) is 76.3 Å². The zero-order chi connectivity index (χ0) is 17.2. The summed E-state index contributed by atoms with van der Waals surface area (Å²) in [7, 11) is 0. The molecule has 0 saturated carbocycles. The minimum atomic E-state index is -0.203. The molecular formula is C17H22N6O2. The van der Waals surface area contributed by atoms with Crippen molar-refractivity contribution in [2.75, 3.05) is 31.1 Å². The first-order valence-corrected chi connectivity index (χ1v) is 8.79. The van der Waals surface area contributed by atoms with Crippen LogP contribution in [0.2, 0.25) is 0 Å². The molecule has 0 N–H and O–H groups in total. The van der Waals surface area contributed by atoms with Crippen LogP contribution in [0.1, 0.15) is 25.3 Å². The fraction of sp³-hybridized carbons (Fsp3) is 0.529. The van der Waals surface area contributed by atoms with E-state index in [4.69, 9.17) is 0 Å². The summed E-state index contributed by atoms with van der Waals surface area (Å²) >= 11 is 0. The fourth-order valence-electron chi connectivity index (χ4n) is 3.63. The van der Waals surface area contributed by atoms with E-state index in [2.05, 4.69) is 15.0 Å². The average molecular weight is 342 g/mol. The lowest BCUT2D eigenvalue weighted by Crippen LogP contribution is -2.30. The largest absolute Gasteiger partial charge is 0.347 e. The predicted molar refractivity (Wildman–Crippen MR) is 92.4 cm³/mol. The van der Waals surface area contributed by atoms with Gasteiger partial charge >= 0.3 is 5.69 Å². The summed E-state index contributed by atoms with van der Waals surface area (Å²) in [4.78, 5) is 31.4. The summed E-state index contributed by atoms with van der Waals surface area (Å²) in [5.74, 6) is 0.189. The smallest absolute Gasteiger partial charge is 0.309 e. The van der Waals surface area contributed by atoms with E-state index in [0.717, 1.165) is 44.7 Å². The molecule has 0 spiro atoms. The molecule has 4 rings (SSSR count). The molecule has 1 unspecified atom stereocenters. The number of anilines is 1. The molecule has 2 aromatic heterocycles. The Labute approximate surface area is 145 Å². The van der Waals surface area contributed by atoms with Gasteiger partial charge in [0.1, 0.15) is 0 Å². The van der Waals surface area contributed by atoms with Gasteiger partial charge in [0, 0.05) is 57.7 Å². The van der Waals surface area contributed by atoms with Crippen molar-refractivity contribution in [3.63, 3.8) is 0 Å². The normalized spacial score (nSPS) is 21.4. The molecule has 132 valence electrons. The van der Waals surface area contributed by atoms with E-state index in [1.165, 1.54) is 6.20 Å². The summed E-state index contributed by atoms with van der Waals surface area (Å²) < 4.78 is 3.62. The number of nitrogens with zero attached hydrogens (tertiary/aromatic N) is 6. The van der Waals surface area contributed by atoms with Gasteiger partial charge in [-0.25, -0.2) is 9.78 Å². The molecule has 1 amide bonds. The first-order chi connectivity index (χ1) is 12.2. The Kier molecular flexibility index (Phi) is 4.35. The molecule has 0 aromatic carbocycles. The van der Waals surface area contributed by atoms with Gasteiger partial charge in [0.05, 0.1) is 17.9 Å². The van der Waals surface area contributed by atoms with E-state index < -0.39 is 0 Å². The highest BCUT2D eigenvalue weighted by Gasteiger charge is 2.27. The summed E-state index contributed by atoms with van der Waals surface area (Å²) in [6, 6.07) is 2.09. The number of rotatable bonds is 5. The zero-order valence-corrected chi connectivity index (χ0v) is 14.1. The van der Waals surface area contributed by atoms with Crippen LogP contribution in [0.25, 0.3) is 0 Å². The molecule has 8 nitrogen and oxygen atoms in total. The molecule has 0 radical (unpaired) electrons. The Morgan fingerprint density at radius 3 is 2.92 bits per heavy atom. The summed E-state index contributed by atoms with van der Waals surface area (Å²) in [6.07, 6.45) is 9.66. The van der Waals surface area contributed by atoms with Gasteiger partial charge in [-0.1, -0.05) is 0 Å². The number of hydrogen-bond acceptors (Lipinski definition) is 5. The van der Waals surface area contributed by atoms with Gasteiger partial charge in [0.15, 0.2) is 0 Å². The first-order valence-electron chi connectivity index (χ1n) is 8.79. The van der Waals surface area contributed by atoms with Crippen LogP contribution in [0.4, 0.5) is 5.69 Å². The van der Waals surface area contributed by atoms with Gasteiger partial charge in [-0.15, -0.1) is 0 Å². The maximum Gasteiger partial charge on any atom is 0.347 e. The molecular weight excluding hydrogens is 320 g/mol. The molecule has 2 aliphatic heterocycles. The van der Waals surface area contributed by atoms with Crippen molar-refractivity contribution in [1.29, 1.82) is 0 Å². The van der Waals surface area contributed by atoms with Crippen molar-refractivity contribution in [2.24, 2.45) is 0 Å². The minimum absolute atomic E-state index is 0.189. The number of hydrogen-bond donors (Lipinski definition) is 0. The van der Waals surface area contributed by atoms with E-state index in [0.29, 0.717) is 19.0 Å². The van der Waals surface area contributed by atoms with Gasteiger partial charge in [-0.3, -0.25) is 18.9 Å². The standard InChI is InChI=1S/C17H22N6O2/c24-16-3-1-7-22(16)15-11-19-23(13-15)14-4-8-20(12-14)9-10-21-6-2-5-18-17(21)25/h2,5-6,11,13-14H,1,3-4,7-10,12H2. The van der Waals surface area contributed by atoms with Crippen LogP contribution in [0, 0.1) is 0 Å². The third-order valence-corrected chi connectivity index (χ3v) is 5.03. The Hall–Kier alpha value is -2.48. The maximum absolute atomic E-state index is 11.9. The second-order valence-corrected chi connectivity index (χ2v) is 6.67. The molecule has 2 aromatic rings. The predicted octanol–water partition coefficient (Wildman–Crippen LogP) is 0.514. The molecule has 25 heavy (non-hydrogen) atoms. The number of carbonyl (C=O) groups excluding carboxylic acids is 1. The molecule has 0 aliphatic carbocycles. The van der Waals surface area contributed by atoms with E-state index in [1.807, 2.05) is 15.8 Å². The average Bonchev–Trinajstić information content (AvgIpc) is 3.33. The second-order valence-electron chi connectivity index (χ2n) is 6.67. The number of carbonyl (C=O) groups is 1. The third kappa shape index (κ3) is 3.34.